The van der Waals surface area contributed by atoms with E-state index in [2.05, 4.69) is 11.8 Å². The van der Waals surface area contributed by atoms with E-state index in [-0.39, 0.29) is 5.78 Å². The molecule has 0 saturated heterocycles. The van der Waals surface area contributed by atoms with E-state index in [4.69, 9.17) is 0 Å². The van der Waals surface area contributed by atoms with Crippen LogP contribution in [0.3, 0.4) is 0 Å². The largest absolute Gasteiger partial charge is 0.295 e. The standard InChI is InChI=1S/C13H14O/c1-3-11(2)5-4-6-12-7-9-13(14)10-8-12/h3,7-9H,6,10H2,1-2H3. The maximum atomic E-state index is 10.9. The van der Waals surface area contributed by atoms with Crippen LogP contribution in [0.25, 0.3) is 0 Å². The molecule has 0 saturated carbocycles. The molecule has 0 amide bonds. The SMILES string of the molecule is CC=C(C)C#CCC1=CCC(=O)C=C1. The van der Waals surface area contributed by atoms with E-state index in [1.165, 1.54) is 0 Å². The summed E-state index contributed by atoms with van der Waals surface area (Å²) < 4.78 is 0. The van der Waals surface area contributed by atoms with Crippen LogP contribution in [0.5, 0.6) is 0 Å². The lowest BCUT2D eigenvalue weighted by molar-refractivity contribution is -0.113. The molecule has 0 aliphatic heterocycles. The topological polar surface area (TPSA) is 17.1 Å². The fraction of sp³-hybridized carbons (Fsp3) is 0.308. The fourth-order valence-electron chi connectivity index (χ4n) is 1.06. The molecule has 1 nitrogen and oxygen atoms in total. The van der Waals surface area contributed by atoms with Crippen molar-refractivity contribution >= 4 is 5.78 Å². The lowest BCUT2D eigenvalue weighted by atomic mass is 10.0. The Morgan fingerprint density at radius 3 is 2.93 bits per heavy atom. The molecule has 14 heavy (non-hydrogen) atoms. The Hall–Kier alpha value is -1.55. The summed E-state index contributed by atoms with van der Waals surface area (Å²) in [6, 6.07) is 0. The first-order valence-electron chi connectivity index (χ1n) is 4.74. The predicted molar refractivity (Wildman–Crippen MR) is 58.7 cm³/mol. The molecule has 0 atom stereocenters. The van der Waals surface area contributed by atoms with Crippen LogP contribution in [-0.4, -0.2) is 5.78 Å². The van der Waals surface area contributed by atoms with Crippen molar-refractivity contribution in [2.24, 2.45) is 0 Å². The van der Waals surface area contributed by atoms with Gasteiger partial charge in [-0.1, -0.05) is 30.1 Å². The molecule has 0 N–H and O–H groups in total. The van der Waals surface area contributed by atoms with E-state index in [9.17, 15) is 4.79 Å². The number of allylic oxidation sites excluding steroid dienone is 6. The van der Waals surface area contributed by atoms with Gasteiger partial charge in [0.05, 0.1) is 0 Å². The van der Waals surface area contributed by atoms with Crippen molar-refractivity contribution in [1.29, 1.82) is 0 Å². The fourth-order valence-corrected chi connectivity index (χ4v) is 1.06. The van der Waals surface area contributed by atoms with Gasteiger partial charge < -0.3 is 0 Å². The molecule has 0 spiro atoms. The van der Waals surface area contributed by atoms with Gasteiger partial charge in [-0.25, -0.2) is 0 Å². The number of hydrogen-bond donors (Lipinski definition) is 0. The maximum absolute atomic E-state index is 10.9. The van der Waals surface area contributed by atoms with Crippen LogP contribution >= 0.6 is 0 Å². The Labute approximate surface area is 85.2 Å². The summed E-state index contributed by atoms with van der Waals surface area (Å²) in [5, 5.41) is 0. The Morgan fingerprint density at radius 1 is 1.57 bits per heavy atom. The van der Waals surface area contributed by atoms with Gasteiger partial charge in [0, 0.05) is 12.8 Å². The highest BCUT2D eigenvalue weighted by atomic mass is 16.1. The van der Waals surface area contributed by atoms with Crippen LogP contribution in [0, 0.1) is 11.8 Å². The highest BCUT2D eigenvalue weighted by molar-refractivity contribution is 5.92. The molecular formula is C13H14O. The third-order valence-corrected chi connectivity index (χ3v) is 2.06. The molecule has 1 heteroatoms. The summed E-state index contributed by atoms with van der Waals surface area (Å²) in [7, 11) is 0. The third kappa shape index (κ3) is 3.45. The average Bonchev–Trinajstić information content (AvgIpc) is 2.21. The maximum Gasteiger partial charge on any atom is 0.159 e. The lowest BCUT2D eigenvalue weighted by Crippen LogP contribution is -1.95. The third-order valence-electron chi connectivity index (χ3n) is 2.06. The first-order chi connectivity index (χ1) is 6.72. The minimum atomic E-state index is 0.173. The molecule has 0 heterocycles. The van der Waals surface area contributed by atoms with Gasteiger partial charge in [-0.05, 0) is 31.1 Å². The highest BCUT2D eigenvalue weighted by Crippen LogP contribution is 2.10. The first kappa shape index (κ1) is 10.5. The summed E-state index contributed by atoms with van der Waals surface area (Å²) in [5.74, 6) is 6.29. The molecule has 0 aromatic carbocycles. The van der Waals surface area contributed by atoms with Crippen molar-refractivity contribution in [2.75, 3.05) is 0 Å². The van der Waals surface area contributed by atoms with Crippen LogP contribution in [-0.2, 0) is 4.79 Å². The van der Waals surface area contributed by atoms with Gasteiger partial charge in [0.2, 0.25) is 0 Å². The zero-order valence-corrected chi connectivity index (χ0v) is 8.63. The molecule has 0 aromatic rings. The van der Waals surface area contributed by atoms with Gasteiger partial charge >= 0.3 is 0 Å². The van der Waals surface area contributed by atoms with E-state index in [0.717, 1.165) is 17.6 Å². The molecule has 0 radical (unpaired) electrons. The Kier molecular flexibility index (Phi) is 3.94. The molecule has 0 bridgehead atoms. The van der Waals surface area contributed by atoms with Crippen LogP contribution in [0.1, 0.15) is 26.7 Å². The number of carbonyl (C=O) groups is 1. The van der Waals surface area contributed by atoms with Gasteiger partial charge in [-0.15, -0.1) is 0 Å². The molecule has 1 rings (SSSR count). The van der Waals surface area contributed by atoms with Crippen LogP contribution in [0.4, 0.5) is 0 Å². The van der Waals surface area contributed by atoms with Crippen molar-refractivity contribution in [2.45, 2.75) is 26.7 Å². The molecule has 0 unspecified atom stereocenters. The Balaban J connectivity index is 2.50. The second kappa shape index (κ2) is 5.24. The summed E-state index contributed by atoms with van der Waals surface area (Å²) in [6.45, 7) is 3.96. The van der Waals surface area contributed by atoms with Gasteiger partial charge in [-0.2, -0.15) is 0 Å². The van der Waals surface area contributed by atoms with Gasteiger partial charge in [0.15, 0.2) is 5.78 Å². The second-order valence-electron chi connectivity index (χ2n) is 3.23. The van der Waals surface area contributed by atoms with Gasteiger partial charge in [-0.3, -0.25) is 4.79 Å². The van der Waals surface area contributed by atoms with E-state index >= 15 is 0 Å². The molecule has 1 aliphatic rings. The lowest BCUT2D eigenvalue weighted by Gasteiger charge is -2.00. The normalized spacial score (nSPS) is 16.0. The van der Waals surface area contributed by atoms with Gasteiger partial charge in [0.1, 0.15) is 0 Å². The quantitative estimate of drug-likeness (QED) is 0.575. The van der Waals surface area contributed by atoms with Crippen LogP contribution < -0.4 is 0 Å². The molecule has 0 aromatic heterocycles. The number of carbonyl (C=O) groups excluding carboxylic acids is 1. The van der Waals surface area contributed by atoms with Crippen molar-refractivity contribution in [3.05, 3.63) is 35.5 Å². The molecule has 0 fully saturated rings. The van der Waals surface area contributed by atoms with Crippen molar-refractivity contribution in [3.8, 4) is 11.8 Å². The first-order valence-corrected chi connectivity index (χ1v) is 4.74. The van der Waals surface area contributed by atoms with Crippen LogP contribution in [0.15, 0.2) is 35.5 Å². The zero-order chi connectivity index (χ0) is 10.4. The monoisotopic (exact) mass is 186 g/mol. The number of ketones is 1. The van der Waals surface area contributed by atoms with Crippen molar-refractivity contribution < 1.29 is 4.79 Å². The summed E-state index contributed by atoms with van der Waals surface area (Å²) in [5.41, 5.74) is 2.22. The smallest absolute Gasteiger partial charge is 0.159 e. The van der Waals surface area contributed by atoms with Gasteiger partial charge in [0.25, 0.3) is 0 Å². The number of rotatable bonds is 1. The molecule has 72 valence electrons. The van der Waals surface area contributed by atoms with E-state index in [1.54, 1.807) is 6.08 Å². The van der Waals surface area contributed by atoms with Crippen molar-refractivity contribution in [1.82, 2.24) is 0 Å². The predicted octanol–water partition coefficient (Wildman–Crippen LogP) is 2.80. The second-order valence-corrected chi connectivity index (χ2v) is 3.23. The zero-order valence-electron chi connectivity index (χ0n) is 8.63. The van der Waals surface area contributed by atoms with E-state index in [0.29, 0.717) is 6.42 Å². The minimum Gasteiger partial charge on any atom is -0.295 e. The number of hydrogen-bond acceptors (Lipinski definition) is 1. The summed E-state index contributed by atoms with van der Waals surface area (Å²) >= 11 is 0. The Morgan fingerprint density at radius 2 is 2.36 bits per heavy atom. The summed E-state index contributed by atoms with van der Waals surface area (Å²) in [4.78, 5) is 10.9. The van der Waals surface area contributed by atoms with Crippen LogP contribution in [0.2, 0.25) is 0 Å². The molecular weight excluding hydrogens is 172 g/mol. The summed E-state index contributed by atoms with van der Waals surface area (Å²) in [6.07, 6.45) is 8.67. The van der Waals surface area contributed by atoms with Crippen molar-refractivity contribution in [3.63, 3.8) is 0 Å². The Bertz CT molecular complexity index is 370. The van der Waals surface area contributed by atoms with E-state index in [1.807, 2.05) is 32.1 Å². The molecule has 1 aliphatic carbocycles. The average molecular weight is 186 g/mol. The highest BCUT2D eigenvalue weighted by Gasteiger charge is 2.01. The minimum absolute atomic E-state index is 0.173. The van der Waals surface area contributed by atoms with E-state index < -0.39 is 0 Å².